The van der Waals surface area contributed by atoms with Crippen LogP contribution >= 0.6 is 0 Å². The van der Waals surface area contributed by atoms with Gasteiger partial charge in [-0.15, -0.1) is 0 Å². The van der Waals surface area contributed by atoms with E-state index < -0.39 is 5.60 Å². The van der Waals surface area contributed by atoms with Crippen LogP contribution in [-0.2, 0) is 4.74 Å². The second-order valence-corrected chi connectivity index (χ2v) is 7.81. The van der Waals surface area contributed by atoms with Gasteiger partial charge in [0.2, 0.25) is 0 Å². The molecule has 2 atom stereocenters. The van der Waals surface area contributed by atoms with E-state index in [0.717, 1.165) is 18.4 Å². The average Bonchev–Trinajstić information content (AvgIpc) is 2.41. The van der Waals surface area contributed by atoms with Gasteiger partial charge in [0.05, 0.1) is 0 Å². The molecule has 0 aliphatic heterocycles. The molecule has 0 aromatic rings. The van der Waals surface area contributed by atoms with Gasteiger partial charge in [0.15, 0.2) is 0 Å². The number of amides is 1. The van der Waals surface area contributed by atoms with Crippen molar-refractivity contribution in [2.45, 2.75) is 78.9 Å². The lowest BCUT2D eigenvalue weighted by molar-refractivity contribution is 0.0258. The van der Waals surface area contributed by atoms with Gasteiger partial charge in [-0.3, -0.25) is 0 Å². The summed E-state index contributed by atoms with van der Waals surface area (Å²) in [5, 5.41) is 3.69. The van der Waals surface area contributed by atoms with Crippen molar-refractivity contribution in [3.63, 3.8) is 0 Å². The summed E-state index contributed by atoms with van der Waals surface area (Å²) in [6.45, 7) is 14.6. The molecule has 1 amide bonds. The van der Waals surface area contributed by atoms with Gasteiger partial charge in [0.1, 0.15) is 5.60 Å². The predicted molar refractivity (Wildman–Crippen MR) is 92.1 cm³/mol. The zero-order valence-electron chi connectivity index (χ0n) is 15.4. The summed E-state index contributed by atoms with van der Waals surface area (Å²) in [7, 11) is 0. The number of carbonyl (C=O) groups is 1. The van der Waals surface area contributed by atoms with Gasteiger partial charge >= 0.3 is 6.09 Å². The van der Waals surface area contributed by atoms with Crippen LogP contribution in [0, 0.1) is 11.8 Å². The number of nitrogens with one attached hydrogen (secondary N) is 1. The van der Waals surface area contributed by atoms with Crippen LogP contribution in [0.15, 0.2) is 0 Å². The topological polar surface area (TPSA) is 41.6 Å². The highest BCUT2D eigenvalue weighted by Gasteiger charge is 2.27. The minimum absolute atomic E-state index is 0.208. The van der Waals surface area contributed by atoms with Crippen LogP contribution in [0.3, 0.4) is 0 Å². The number of rotatable bonds is 6. The molecule has 0 aromatic carbocycles. The van der Waals surface area contributed by atoms with E-state index >= 15 is 0 Å². The molecule has 4 heteroatoms. The van der Waals surface area contributed by atoms with E-state index in [1.165, 1.54) is 25.7 Å². The van der Waals surface area contributed by atoms with E-state index in [1.54, 1.807) is 4.90 Å². The smallest absolute Gasteiger partial charge is 0.410 e. The summed E-state index contributed by atoms with van der Waals surface area (Å²) >= 11 is 0. The van der Waals surface area contributed by atoms with Gasteiger partial charge in [-0.05, 0) is 52.4 Å². The summed E-state index contributed by atoms with van der Waals surface area (Å²) in [5.74, 6) is 1.50. The summed E-state index contributed by atoms with van der Waals surface area (Å²) < 4.78 is 5.45. The molecule has 0 spiro atoms. The number of hydrogen-bond acceptors (Lipinski definition) is 3. The highest BCUT2D eigenvalue weighted by molar-refractivity contribution is 5.68. The standard InChI is InChI=1S/C18H36N2O2/c1-7-20(17(21)22-18(4,5)6)13-12-19-16-11-9-8-10-15(16)14(2)3/h14-16,19H,7-13H2,1-6H3. The lowest BCUT2D eigenvalue weighted by Crippen LogP contribution is -2.45. The van der Waals surface area contributed by atoms with Gasteiger partial charge in [-0.1, -0.05) is 26.7 Å². The maximum atomic E-state index is 12.1. The fraction of sp³-hybridized carbons (Fsp3) is 0.944. The van der Waals surface area contributed by atoms with E-state index in [4.69, 9.17) is 4.74 Å². The van der Waals surface area contributed by atoms with Crippen LogP contribution < -0.4 is 5.32 Å². The number of nitrogens with zero attached hydrogens (tertiary/aromatic N) is 1. The van der Waals surface area contributed by atoms with Crippen LogP contribution in [0.4, 0.5) is 4.79 Å². The Hall–Kier alpha value is -0.770. The van der Waals surface area contributed by atoms with Crippen molar-refractivity contribution in [3.8, 4) is 0 Å². The number of carbonyl (C=O) groups excluding carboxylic acids is 1. The first-order valence-electron chi connectivity index (χ1n) is 8.96. The molecule has 0 saturated heterocycles. The Morgan fingerprint density at radius 3 is 2.45 bits per heavy atom. The van der Waals surface area contributed by atoms with Crippen LogP contribution in [0.25, 0.3) is 0 Å². The Balaban J connectivity index is 2.41. The van der Waals surface area contributed by atoms with Crippen molar-refractivity contribution < 1.29 is 9.53 Å². The molecule has 1 fully saturated rings. The highest BCUT2D eigenvalue weighted by Crippen LogP contribution is 2.30. The third-order valence-corrected chi connectivity index (χ3v) is 4.50. The molecule has 0 bridgehead atoms. The van der Waals surface area contributed by atoms with Crippen LogP contribution in [-0.4, -0.2) is 42.3 Å². The Bertz CT molecular complexity index is 336. The fourth-order valence-electron chi connectivity index (χ4n) is 3.30. The maximum absolute atomic E-state index is 12.1. The Kier molecular flexibility index (Phi) is 7.67. The quantitative estimate of drug-likeness (QED) is 0.804. The third kappa shape index (κ3) is 6.55. The number of ether oxygens (including phenoxy) is 1. The molecule has 1 aliphatic rings. The van der Waals surface area contributed by atoms with Crippen LogP contribution in [0.2, 0.25) is 0 Å². The second-order valence-electron chi connectivity index (χ2n) is 7.81. The molecule has 2 unspecified atom stereocenters. The minimum Gasteiger partial charge on any atom is -0.444 e. The largest absolute Gasteiger partial charge is 0.444 e. The first-order chi connectivity index (χ1) is 10.2. The fourth-order valence-corrected chi connectivity index (χ4v) is 3.30. The Morgan fingerprint density at radius 2 is 1.91 bits per heavy atom. The molecule has 1 rings (SSSR count). The number of hydrogen-bond donors (Lipinski definition) is 1. The lowest BCUT2D eigenvalue weighted by atomic mass is 9.78. The summed E-state index contributed by atoms with van der Waals surface area (Å²) in [4.78, 5) is 13.9. The van der Waals surface area contributed by atoms with E-state index in [-0.39, 0.29) is 6.09 Å². The average molecular weight is 312 g/mol. The van der Waals surface area contributed by atoms with E-state index in [1.807, 2.05) is 27.7 Å². The zero-order valence-corrected chi connectivity index (χ0v) is 15.4. The Morgan fingerprint density at radius 1 is 1.27 bits per heavy atom. The third-order valence-electron chi connectivity index (χ3n) is 4.50. The predicted octanol–water partition coefficient (Wildman–Crippen LogP) is 4.05. The van der Waals surface area contributed by atoms with Crippen LogP contribution in [0.1, 0.15) is 67.2 Å². The van der Waals surface area contributed by atoms with Gasteiger partial charge < -0.3 is 15.0 Å². The molecule has 4 nitrogen and oxygen atoms in total. The molecule has 1 N–H and O–H groups in total. The van der Waals surface area contributed by atoms with Gasteiger partial charge in [0, 0.05) is 25.7 Å². The molecular weight excluding hydrogens is 276 g/mol. The van der Waals surface area contributed by atoms with E-state index in [2.05, 4.69) is 19.2 Å². The molecule has 0 radical (unpaired) electrons. The monoisotopic (exact) mass is 312 g/mol. The zero-order chi connectivity index (χ0) is 16.8. The molecule has 0 heterocycles. The van der Waals surface area contributed by atoms with Crippen molar-refractivity contribution in [3.05, 3.63) is 0 Å². The second kappa shape index (κ2) is 8.76. The number of likely N-dealkylation sites (N-methyl/N-ethyl adjacent to an activating group) is 1. The molecule has 130 valence electrons. The minimum atomic E-state index is -0.427. The van der Waals surface area contributed by atoms with Crippen molar-refractivity contribution in [2.24, 2.45) is 11.8 Å². The van der Waals surface area contributed by atoms with E-state index in [0.29, 0.717) is 19.1 Å². The lowest BCUT2D eigenvalue weighted by Gasteiger charge is -2.35. The first-order valence-corrected chi connectivity index (χ1v) is 8.96. The maximum Gasteiger partial charge on any atom is 0.410 e. The van der Waals surface area contributed by atoms with Gasteiger partial charge in [-0.25, -0.2) is 4.79 Å². The van der Waals surface area contributed by atoms with Crippen molar-refractivity contribution in [2.75, 3.05) is 19.6 Å². The van der Waals surface area contributed by atoms with Crippen molar-refractivity contribution in [1.29, 1.82) is 0 Å². The molecule has 0 aromatic heterocycles. The molecule has 22 heavy (non-hydrogen) atoms. The van der Waals surface area contributed by atoms with E-state index in [9.17, 15) is 4.79 Å². The SMILES string of the molecule is CCN(CCNC1CCCCC1C(C)C)C(=O)OC(C)(C)C. The molecule has 1 aliphatic carbocycles. The first kappa shape index (κ1) is 19.3. The summed E-state index contributed by atoms with van der Waals surface area (Å²) in [6, 6.07) is 0.603. The van der Waals surface area contributed by atoms with Gasteiger partial charge in [-0.2, -0.15) is 0 Å². The van der Waals surface area contributed by atoms with Crippen molar-refractivity contribution in [1.82, 2.24) is 10.2 Å². The van der Waals surface area contributed by atoms with Crippen LogP contribution in [0.5, 0.6) is 0 Å². The summed E-state index contributed by atoms with van der Waals surface area (Å²) in [6.07, 6.45) is 5.07. The normalized spacial score (nSPS) is 22.7. The molecule has 1 saturated carbocycles. The summed E-state index contributed by atoms with van der Waals surface area (Å²) in [5.41, 5.74) is -0.427. The molecular formula is C18H36N2O2. The van der Waals surface area contributed by atoms with Crippen molar-refractivity contribution >= 4 is 6.09 Å². The Labute approximate surface area is 137 Å². The highest BCUT2D eigenvalue weighted by atomic mass is 16.6. The van der Waals surface area contributed by atoms with Gasteiger partial charge in [0.25, 0.3) is 0 Å².